The van der Waals surface area contributed by atoms with Gasteiger partial charge >= 0.3 is 5.97 Å². The second-order valence-corrected chi connectivity index (χ2v) is 3.84. The van der Waals surface area contributed by atoms with E-state index in [1.165, 1.54) is 0 Å². The van der Waals surface area contributed by atoms with Crippen LogP contribution in [-0.2, 0) is 16.0 Å². The summed E-state index contributed by atoms with van der Waals surface area (Å²) in [6, 6.07) is 5.41. The number of benzene rings is 1. The third kappa shape index (κ3) is 3.93. The molecular formula is C13H18O3. The summed E-state index contributed by atoms with van der Waals surface area (Å²) < 4.78 is 5.06. The molecule has 1 aromatic rings. The monoisotopic (exact) mass is 222 g/mol. The van der Waals surface area contributed by atoms with E-state index < -0.39 is 0 Å². The summed E-state index contributed by atoms with van der Waals surface area (Å²) in [6.45, 7) is 4.20. The van der Waals surface area contributed by atoms with Crippen LogP contribution in [0, 0.1) is 6.92 Å². The van der Waals surface area contributed by atoms with Crippen LogP contribution in [0.4, 0.5) is 0 Å². The van der Waals surface area contributed by atoms with E-state index in [1.807, 2.05) is 26.0 Å². The van der Waals surface area contributed by atoms with Gasteiger partial charge in [0.2, 0.25) is 0 Å². The van der Waals surface area contributed by atoms with Crippen molar-refractivity contribution < 1.29 is 14.6 Å². The van der Waals surface area contributed by atoms with E-state index in [4.69, 9.17) is 4.74 Å². The highest BCUT2D eigenvalue weighted by Crippen LogP contribution is 2.17. The van der Waals surface area contributed by atoms with Gasteiger partial charge in [-0.15, -0.1) is 0 Å². The van der Waals surface area contributed by atoms with Crippen molar-refractivity contribution >= 4 is 5.97 Å². The minimum atomic E-state index is -0.141. The maximum Gasteiger partial charge on any atom is 0.305 e. The molecule has 16 heavy (non-hydrogen) atoms. The molecule has 0 spiro atoms. The number of phenols is 1. The lowest BCUT2D eigenvalue weighted by Gasteiger charge is -2.05. The fourth-order valence-corrected chi connectivity index (χ4v) is 1.43. The third-order valence-corrected chi connectivity index (χ3v) is 2.37. The van der Waals surface area contributed by atoms with Crippen LogP contribution in [-0.4, -0.2) is 17.7 Å². The fourth-order valence-electron chi connectivity index (χ4n) is 1.43. The molecule has 0 aliphatic rings. The number of aromatic hydroxyl groups is 1. The maximum atomic E-state index is 11.1. The molecule has 0 aromatic heterocycles. The fraction of sp³-hybridized carbons (Fsp3) is 0.462. The Kier molecular flexibility index (Phi) is 4.83. The minimum Gasteiger partial charge on any atom is -0.508 e. The number of hydrogen-bond donors (Lipinski definition) is 1. The van der Waals surface area contributed by atoms with Crippen molar-refractivity contribution in [1.29, 1.82) is 0 Å². The van der Waals surface area contributed by atoms with E-state index in [9.17, 15) is 9.90 Å². The molecule has 0 aliphatic carbocycles. The standard InChI is InChI=1S/C13H18O3/c1-3-4-13(15)16-8-7-11-5-6-12(14)10(2)9-11/h5-6,9,14H,3-4,7-8H2,1-2H3. The largest absolute Gasteiger partial charge is 0.508 e. The molecule has 0 saturated carbocycles. The zero-order chi connectivity index (χ0) is 12.0. The summed E-state index contributed by atoms with van der Waals surface area (Å²) >= 11 is 0. The van der Waals surface area contributed by atoms with Crippen molar-refractivity contribution in [2.75, 3.05) is 6.61 Å². The molecule has 0 heterocycles. The lowest BCUT2D eigenvalue weighted by molar-refractivity contribution is -0.143. The van der Waals surface area contributed by atoms with Crippen LogP contribution in [0.15, 0.2) is 18.2 Å². The van der Waals surface area contributed by atoms with Crippen LogP contribution in [0.1, 0.15) is 30.9 Å². The normalized spacial score (nSPS) is 10.1. The molecule has 0 aliphatic heterocycles. The van der Waals surface area contributed by atoms with Gasteiger partial charge in [-0.05, 0) is 30.5 Å². The summed E-state index contributed by atoms with van der Waals surface area (Å²) in [4.78, 5) is 11.1. The highest BCUT2D eigenvalue weighted by molar-refractivity contribution is 5.69. The Morgan fingerprint density at radius 3 is 2.81 bits per heavy atom. The second kappa shape index (κ2) is 6.16. The number of ether oxygens (including phenoxy) is 1. The molecule has 3 nitrogen and oxygen atoms in total. The number of carbonyl (C=O) groups excluding carboxylic acids is 1. The van der Waals surface area contributed by atoms with Crippen LogP contribution < -0.4 is 0 Å². The highest BCUT2D eigenvalue weighted by atomic mass is 16.5. The first-order chi connectivity index (χ1) is 7.63. The molecule has 0 bridgehead atoms. The van der Waals surface area contributed by atoms with E-state index >= 15 is 0 Å². The summed E-state index contributed by atoms with van der Waals surface area (Å²) in [5.74, 6) is 0.157. The van der Waals surface area contributed by atoms with Gasteiger partial charge in [0, 0.05) is 12.8 Å². The van der Waals surface area contributed by atoms with E-state index in [0.717, 1.165) is 17.5 Å². The Balaban J connectivity index is 2.37. The predicted molar refractivity (Wildman–Crippen MR) is 62.4 cm³/mol. The quantitative estimate of drug-likeness (QED) is 0.779. The van der Waals surface area contributed by atoms with Crippen molar-refractivity contribution in [3.8, 4) is 5.75 Å². The number of carbonyl (C=O) groups is 1. The Hall–Kier alpha value is -1.51. The van der Waals surface area contributed by atoms with Crippen molar-refractivity contribution in [2.24, 2.45) is 0 Å². The maximum absolute atomic E-state index is 11.1. The molecule has 1 N–H and O–H groups in total. The molecule has 0 amide bonds. The van der Waals surface area contributed by atoms with E-state index in [1.54, 1.807) is 6.07 Å². The molecule has 1 rings (SSSR count). The Morgan fingerprint density at radius 2 is 2.19 bits per heavy atom. The van der Waals surface area contributed by atoms with Gasteiger partial charge < -0.3 is 9.84 Å². The van der Waals surface area contributed by atoms with Crippen LogP contribution in [0.25, 0.3) is 0 Å². The Bertz CT molecular complexity index is 358. The van der Waals surface area contributed by atoms with Crippen LogP contribution in [0.5, 0.6) is 5.75 Å². The first kappa shape index (κ1) is 12.6. The van der Waals surface area contributed by atoms with Gasteiger partial charge in [-0.3, -0.25) is 4.79 Å². The number of phenolic OH excluding ortho intramolecular Hbond substituents is 1. The van der Waals surface area contributed by atoms with Crippen molar-refractivity contribution in [3.63, 3.8) is 0 Å². The SMILES string of the molecule is CCCC(=O)OCCc1ccc(O)c(C)c1. The molecule has 0 fully saturated rings. The zero-order valence-electron chi connectivity index (χ0n) is 9.82. The first-order valence-corrected chi connectivity index (χ1v) is 5.57. The molecule has 0 atom stereocenters. The van der Waals surface area contributed by atoms with Crippen molar-refractivity contribution in [2.45, 2.75) is 33.1 Å². The Morgan fingerprint density at radius 1 is 1.44 bits per heavy atom. The second-order valence-electron chi connectivity index (χ2n) is 3.84. The summed E-state index contributed by atoms with van der Waals surface area (Å²) in [5, 5.41) is 9.34. The lowest BCUT2D eigenvalue weighted by atomic mass is 10.1. The Labute approximate surface area is 96.1 Å². The van der Waals surface area contributed by atoms with Gasteiger partial charge in [-0.1, -0.05) is 19.1 Å². The average molecular weight is 222 g/mol. The molecule has 1 aromatic carbocycles. The van der Waals surface area contributed by atoms with E-state index in [2.05, 4.69) is 0 Å². The zero-order valence-corrected chi connectivity index (χ0v) is 9.82. The summed E-state index contributed by atoms with van der Waals surface area (Å²) in [5.41, 5.74) is 1.91. The van der Waals surface area contributed by atoms with Gasteiger partial charge in [0.15, 0.2) is 0 Å². The molecule has 0 saturated heterocycles. The molecule has 3 heteroatoms. The number of rotatable bonds is 5. The first-order valence-electron chi connectivity index (χ1n) is 5.57. The molecular weight excluding hydrogens is 204 g/mol. The summed E-state index contributed by atoms with van der Waals surface area (Å²) in [6.07, 6.45) is 1.99. The van der Waals surface area contributed by atoms with Gasteiger partial charge in [0.1, 0.15) is 5.75 Å². The molecule has 0 radical (unpaired) electrons. The van der Waals surface area contributed by atoms with Gasteiger partial charge in [0.05, 0.1) is 6.61 Å². The number of esters is 1. The van der Waals surface area contributed by atoms with E-state index in [0.29, 0.717) is 25.2 Å². The minimum absolute atomic E-state index is 0.141. The van der Waals surface area contributed by atoms with Gasteiger partial charge in [0.25, 0.3) is 0 Å². The average Bonchev–Trinajstić information content (AvgIpc) is 2.24. The molecule has 0 unspecified atom stereocenters. The van der Waals surface area contributed by atoms with Crippen molar-refractivity contribution in [1.82, 2.24) is 0 Å². The molecule has 88 valence electrons. The van der Waals surface area contributed by atoms with Crippen LogP contribution >= 0.6 is 0 Å². The number of hydrogen-bond acceptors (Lipinski definition) is 3. The van der Waals surface area contributed by atoms with Crippen molar-refractivity contribution in [3.05, 3.63) is 29.3 Å². The van der Waals surface area contributed by atoms with E-state index in [-0.39, 0.29) is 5.97 Å². The third-order valence-electron chi connectivity index (χ3n) is 2.37. The van der Waals surface area contributed by atoms with Crippen LogP contribution in [0.2, 0.25) is 0 Å². The smallest absolute Gasteiger partial charge is 0.305 e. The summed E-state index contributed by atoms with van der Waals surface area (Å²) in [7, 11) is 0. The topological polar surface area (TPSA) is 46.5 Å². The number of aryl methyl sites for hydroxylation is 1. The van der Waals surface area contributed by atoms with Gasteiger partial charge in [-0.2, -0.15) is 0 Å². The predicted octanol–water partition coefficient (Wildman–Crippen LogP) is 2.59. The highest BCUT2D eigenvalue weighted by Gasteiger charge is 2.02. The van der Waals surface area contributed by atoms with Crippen LogP contribution in [0.3, 0.4) is 0 Å². The lowest BCUT2D eigenvalue weighted by Crippen LogP contribution is -2.07. The van der Waals surface area contributed by atoms with Gasteiger partial charge in [-0.25, -0.2) is 0 Å².